The van der Waals surface area contributed by atoms with Crippen molar-refractivity contribution in [3.05, 3.63) is 85.6 Å². The lowest BCUT2D eigenvalue weighted by Gasteiger charge is -2.30. The fraction of sp³-hybridized carbons (Fsp3) is 0.556. The zero-order valence-corrected chi connectivity index (χ0v) is 44.6. The molecule has 408 valence electrons. The number of rotatable bonds is 35. The number of allylic oxidation sites excluding steroid dienone is 11. The van der Waals surface area contributed by atoms with Crippen molar-refractivity contribution in [1.29, 1.82) is 0 Å². The highest BCUT2D eigenvalue weighted by Crippen LogP contribution is 2.61. The van der Waals surface area contributed by atoms with Crippen molar-refractivity contribution in [3.8, 4) is 0 Å². The maximum atomic E-state index is 12.8. The summed E-state index contributed by atoms with van der Waals surface area (Å²) >= 11 is 1.04. The van der Waals surface area contributed by atoms with Crippen molar-refractivity contribution in [2.24, 2.45) is 5.41 Å². The summed E-state index contributed by atoms with van der Waals surface area (Å²) in [7, 11) is -16.4. The van der Waals surface area contributed by atoms with Crippen LogP contribution in [0.3, 0.4) is 0 Å². The van der Waals surface area contributed by atoms with Gasteiger partial charge >= 0.3 is 23.5 Å². The van der Waals surface area contributed by atoms with Crippen LogP contribution in [0.5, 0.6) is 0 Å². The summed E-state index contributed by atoms with van der Waals surface area (Å²) in [5.74, 6) is -1.16. The number of thioether (sulfide) groups is 1. The second-order valence-electron chi connectivity index (χ2n) is 17.0. The molecule has 24 nitrogen and oxygen atoms in total. The van der Waals surface area contributed by atoms with Gasteiger partial charge < -0.3 is 50.9 Å². The number of unbranched alkanes of at least 4 members (excludes halogenated alkanes) is 4. The number of hydrogen-bond donors (Lipinski definition) is 9. The normalized spacial score (nSPS) is 20.1. The largest absolute Gasteiger partial charge is 0.481 e. The molecule has 0 saturated carbocycles. The zero-order chi connectivity index (χ0) is 53.9. The second-order valence-corrected chi connectivity index (χ2v) is 22.3. The van der Waals surface area contributed by atoms with Crippen LogP contribution in [0, 0.1) is 5.41 Å². The van der Waals surface area contributed by atoms with Crippen LogP contribution in [0.4, 0.5) is 5.82 Å². The summed E-state index contributed by atoms with van der Waals surface area (Å²) < 4.78 is 62.5. The van der Waals surface area contributed by atoms with E-state index in [9.17, 15) is 57.9 Å². The topological polar surface area (TPSA) is 364 Å². The molecule has 1 fully saturated rings. The molecule has 10 N–H and O–H groups in total. The lowest BCUT2D eigenvalue weighted by atomic mass is 9.87. The molecule has 3 rings (SSSR count). The van der Waals surface area contributed by atoms with Crippen LogP contribution in [0.25, 0.3) is 11.2 Å². The number of phosphoric ester groups is 3. The van der Waals surface area contributed by atoms with Crippen LogP contribution in [0.15, 0.2) is 85.6 Å². The van der Waals surface area contributed by atoms with Crippen molar-refractivity contribution in [1.82, 2.24) is 30.2 Å². The summed E-state index contributed by atoms with van der Waals surface area (Å²) in [4.78, 5) is 88.4. The number of nitrogens with one attached hydrogen (secondary N) is 2. The molecule has 2 amide bonds. The number of nitrogen functional groups attached to an aromatic ring is 1. The monoisotopic (exact) mass is 1110 g/mol. The number of ether oxygens (including phenoxy) is 1. The number of aliphatic hydroxyl groups is 2. The Kier molecular flexibility index (Phi) is 28.1. The quantitative estimate of drug-likeness (QED) is 0.0167. The number of fused-ring (bicyclic) bond motifs is 1. The van der Waals surface area contributed by atoms with Gasteiger partial charge in [0.2, 0.25) is 16.9 Å². The molecule has 0 aromatic carbocycles. The van der Waals surface area contributed by atoms with Crippen molar-refractivity contribution >= 4 is 69.1 Å². The number of aromatic nitrogens is 4. The van der Waals surface area contributed by atoms with Gasteiger partial charge in [0.05, 0.1) is 19.5 Å². The summed E-state index contributed by atoms with van der Waals surface area (Å²) in [5, 5.41) is 26.4. The number of nitrogens with two attached hydrogens (primary N) is 1. The SMILES string of the molecule is CCCCC/C=C\C/C=C\C/C=C\C/C=C\C/C=C\CC/C=C/C(=O)SCCNC(=O)CCNC(=O)C(O)C(C)(C)COP(=O)(O)OP(=O)(O)OC[C@H]1O[C@@H](n2cnc3c(N)ncnc32)[C@H](O)[C@@H]1OP(=O)(O)O. The van der Waals surface area contributed by atoms with E-state index in [0.717, 1.165) is 67.5 Å². The third kappa shape index (κ3) is 24.9. The van der Waals surface area contributed by atoms with E-state index in [0.29, 0.717) is 12.2 Å². The summed E-state index contributed by atoms with van der Waals surface area (Å²) in [6, 6.07) is 0. The Morgan fingerprint density at radius 2 is 1.45 bits per heavy atom. The smallest absolute Gasteiger partial charge is 0.386 e. The molecule has 73 heavy (non-hydrogen) atoms. The minimum atomic E-state index is -5.59. The van der Waals surface area contributed by atoms with E-state index in [2.05, 4.69) is 102 Å². The lowest BCUT2D eigenvalue weighted by molar-refractivity contribution is -0.137. The van der Waals surface area contributed by atoms with Crippen molar-refractivity contribution < 1.29 is 80.5 Å². The second kappa shape index (κ2) is 32.4. The van der Waals surface area contributed by atoms with E-state index in [-0.39, 0.29) is 41.6 Å². The zero-order valence-electron chi connectivity index (χ0n) is 41.1. The Balaban J connectivity index is 1.28. The lowest BCUT2D eigenvalue weighted by Crippen LogP contribution is -2.46. The Bertz CT molecular complexity index is 2390. The Hall–Kier alpha value is -4.00. The molecule has 1 aliphatic rings. The van der Waals surface area contributed by atoms with E-state index < -0.39 is 84.6 Å². The van der Waals surface area contributed by atoms with Gasteiger partial charge in [-0.05, 0) is 57.4 Å². The van der Waals surface area contributed by atoms with E-state index in [1.54, 1.807) is 6.08 Å². The van der Waals surface area contributed by atoms with E-state index >= 15 is 0 Å². The number of hydrogen-bond acceptors (Lipinski definition) is 18. The van der Waals surface area contributed by atoms with Crippen molar-refractivity contribution in [2.75, 3.05) is 37.8 Å². The number of carbonyl (C=O) groups is 3. The van der Waals surface area contributed by atoms with Gasteiger partial charge in [0, 0.05) is 30.7 Å². The molecule has 3 heterocycles. The third-order valence-electron chi connectivity index (χ3n) is 10.4. The minimum absolute atomic E-state index is 0.0289. The number of aliphatic hydroxyl groups excluding tert-OH is 2. The number of nitrogens with zero attached hydrogens (tertiary/aromatic N) is 4. The third-order valence-corrected chi connectivity index (χ3v) is 14.3. The predicted molar refractivity (Wildman–Crippen MR) is 274 cm³/mol. The van der Waals surface area contributed by atoms with Gasteiger partial charge in [0.15, 0.2) is 17.7 Å². The van der Waals surface area contributed by atoms with Crippen LogP contribution < -0.4 is 16.4 Å². The molecule has 7 atom stereocenters. The van der Waals surface area contributed by atoms with Gasteiger partial charge in [0.25, 0.3) is 0 Å². The Morgan fingerprint density at radius 3 is 2.08 bits per heavy atom. The molecule has 0 radical (unpaired) electrons. The first-order valence-electron chi connectivity index (χ1n) is 23.5. The van der Waals surface area contributed by atoms with Crippen LogP contribution in [0.2, 0.25) is 0 Å². The summed E-state index contributed by atoms with van der Waals surface area (Å²) in [6.45, 7) is 2.67. The standard InChI is InChI=1S/C45H70N7O17P3S/c1-4-5-6-7-8-9-10-11-12-13-14-15-16-17-18-19-20-21-22-23-24-25-36(54)73-29-28-47-35(53)26-27-48-43(57)40(56)45(2,3)31-66-72(63,64)69-71(61,62)65-30-34-39(68-70(58,59)60)38(55)44(67-34)52-33-51-37-41(46)49-32-50-42(37)52/h8-9,11-12,14-15,17-18,20-21,24-25,32-34,38-40,44,55-56H,4-7,10,13,16,19,22-23,26-31H2,1-3H3,(H,47,53)(H,48,57)(H,61,62)(H,63,64)(H2,46,49,50)(H2,58,59,60)/b9-8-,12-11-,15-14-,18-17-,21-20-,25-24+/t34-,38-,39-,40?,44-/m1/s1. The average molecular weight is 1110 g/mol. The molecule has 0 bridgehead atoms. The van der Waals surface area contributed by atoms with Gasteiger partial charge in [-0.25, -0.2) is 28.6 Å². The summed E-state index contributed by atoms with van der Waals surface area (Å²) in [5.41, 5.74) is 4.27. The van der Waals surface area contributed by atoms with E-state index in [1.807, 2.05) is 0 Å². The molecule has 28 heteroatoms. The van der Waals surface area contributed by atoms with Gasteiger partial charge in [-0.15, -0.1) is 0 Å². The highest BCUT2D eigenvalue weighted by molar-refractivity contribution is 8.14. The highest BCUT2D eigenvalue weighted by Gasteiger charge is 2.50. The minimum Gasteiger partial charge on any atom is -0.386 e. The van der Waals surface area contributed by atoms with Crippen LogP contribution in [0.1, 0.15) is 97.6 Å². The first-order chi connectivity index (χ1) is 34.6. The summed E-state index contributed by atoms with van der Waals surface area (Å²) in [6.07, 6.45) is 28.0. The number of phosphoric acid groups is 3. The molecular formula is C45H70N7O17P3S. The van der Waals surface area contributed by atoms with Crippen molar-refractivity contribution in [3.63, 3.8) is 0 Å². The fourth-order valence-corrected chi connectivity index (χ4v) is 9.96. The highest BCUT2D eigenvalue weighted by atomic mass is 32.2. The Labute approximate surface area is 429 Å². The number of amides is 2. The van der Waals surface area contributed by atoms with Crippen LogP contribution in [-0.4, -0.2) is 123 Å². The molecule has 0 aliphatic carbocycles. The predicted octanol–water partition coefficient (Wildman–Crippen LogP) is 5.92. The Morgan fingerprint density at radius 1 is 0.849 bits per heavy atom. The molecule has 2 aromatic rings. The number of imidazole rings is 1. The van der Waals surface area contributed by atoms with E-state index in [1.165, 1.54) is 39.2 Å². The van der Waals surface area contributed by atoms with Gasteiger partial charge in [-0.1, -0.05) is 112 Å². The average Bonchev–Trinajstić information content (AvgIpc) is 3.88. The first kappa shape index (κ1) is 63.3. The molecule has 2 aromatic heterocycles. The van der Waals surface area contributed by atoms with Gasteiger partial charge in [0.1, 0.15) is 36.3 Å². The number of carbonyl (C=O) groups excluding carboxylic acids is 3. The maximum Gasteiger partial charge on any atom is 0.481 e. The van der Waals surface area contributed by atoms with Gasteiger partial charge in [-0.3, -0.25) is 32.5 Å². The van der Waals surface area contributed by atoms with E-state index in [4.69, 9.17) is 19.5 Å². The molecule has 1 aliphatic heterocycles. The van der Waals surface area contributed by atoms with Crippen molar-refractivity contribution in [2.45, 2.75) is 122 Å². The molecular weight excluding hydrogens is 1040 g/mol. The molecule has 1 saturated heterocycles. The molecule has 3 unspecified atom stereocenters. The molecule has 0 spiro atoms. The van der Waals surface area contributed by atoms with Gasteiger partial charge in [-0.2, -0.15) is 4.31 Å². The number of anilines is 1. The fourth-order valence-electron chi connectivity index (χ4n) is 6.53. The maximum absolute atomic E-state index is 12.8. The van der Waals surface area contributed by atoms with Crippen LogP contribution in [-0.2, 0) is 50.7 Å². The van der Waals surface area contributed by atoms with Crippen LogP contribution >= 0.6 is 35.2 Å². The first-order valence-corrected chi connectivity index (χ1v) is 29.0.